The number of benzene rings is 1. The summed E-state index contributed by atoms with van der Waals surface area (Å²) in [6, 6.07) is 5.38. The molecule has 13 heavy (non-hydrogen) atoms. The monoisotopic (exact) mass is 202 g/mol. The Kier molecular flexibility index (Phi) is 3.25. The Morgan fingerprint density at radius 2 is 2.00 bits per heavy atom. The van der Waals surface area contributed by atoms with Crippen molar-refractivity contribution in [2.45, 2.75) is 5.38 Å². The maximum Gasteiger partial charge on any atom is 0.328 e. The van der Waals surface area contributed by atoms with Crippen molar-refractivity contribution in [2.75, 3.05) is 7.11 Å². The van der Waals surface area contributed by atoms with Gasteiger partial charge in [-0.3, -0.25) is 4.79 Å². The third kappa shape index (κ3) is 2.42. The number of alkyl halides is 1. The Bertz CT molecular complexity index is 297. The minimum Gasteiger partial charge on any atom is -0.468 e. The van der Waals surface area contributed by atoms with Crippen molar-refractivity contribution in [3.05, 3.63) is 35.6 Å². The summed E-state index contributed by atoms with van der Waals surface area (Å²) in [4.78, 5) is 10.9. The van der Waals surface area contributed by atoms with Crippen molar-refractivity contribution in [3.8, 4) is 0 Å². The quantitative estimate of drug-likeness (QED) is 0.543. The van der Waals surface area contributed by atoms with Crippen LogP contribution in [0.5, 0.6) is 0 Å². The molecule has 1 unspecified atom stereocenters. The van der Waals surface area contributed by atoms with E-state index in [1.54, 1.807) is 0 Å². The van der Waals surface area contributed by atoms with Crippen LogP contribution < -0.4 is 0 Å². The van der Waals surface area contributed by atoms with Gasteiger partial charge in [-0.15, -0.1) is 11.6 Å². The maximum atomic E-state index is 12.5. The van der Waals surface area contributed by atoms with E-state index < -0.39 is 11.3 Å². The molecule has 0 aliphatic carbocycles. The lowest BCUT2D eigenvalue weighted by atomic mass is 10.1. The Balaban J connectivity index is 2.83. The highest BCUT2D eigenvalue weighted by atomic mass is 35.5. The highest BCUT2D eigenvalue weighted by Gasteiger charge is 2.17. The molecule has 0 aromatic heterocycles. The average Bonchev–Trinajstić information content (AvgIpc) is 2.17. The van der Waals surface area contributed by atoms with E-state index in [1.165, 1.54) is 31.4 Å². The summed E-state index contributed by atoms with van der Waals surface area (Å²) in [5, 5.41) is -0.870. The van der Waals surface area contributed by atoms with Gasteiger partial charge >= 0.3 is 5.97 Å². The van der Waals surface area contributed by atoms with Crippen molar-refractivity contribution in [1.29, 1.82) is 0 Å². The van der Waals surface area contributed by atoms with Crippen molar-refractivity contribution in [3.63, 3.8) is 0 Å². The van der Waals surface area contributed by atoms with E-state index in [1.807, 2.05) is 0 Å². The Labute approximate surface area is 80.3 Å². The molecule has 0 saturated heterocycles. The number of halogens is 2. The molecule has 0 fully saturated rings. The lowest BCUT2D eigenvalue weighted by Gasteiger charge is -2.06. The molecule has 0 bridgehead atoms. The first-order chi connectivity index (χ1) is 6.15. The third-order valence-electron chi connectivity index (χ3n) is 1.57. The van der Waals surface area contributed by atoms with Crippen molar-refractivity contribution in [2.24, 2.45) is 0 Å². The van der Waals surface area contributed by atoms with E-state index in [4.69, 9.17) is 11.6 Å². The van der Waals surface area contributed by atoms with Gasteiger partial charge in [0.05, 0.1) is 7.11 Å². The molecular formula is C9H8ClFO2. The number of ether oxygens (including phenoxy) is 1. The molecule has 0 spiro atoms. The topological polar surface area (TPSA) is 26.3 Å². The summed E-state index contributed by atoms with van der Waals surface area (Å²) in [6.07, 6.45) is 0. The van der Waals surface area contributed by atoms with Crippen LogP contribution in [-0.2, 0) is 9.53 Å². The number of methoxy groups -OCH3 is 1. The smallest absolute Gasteiger partial charge is 0.328 e. The largest absolute Gasteiger partial charge is 0.468 e. The molecule has 1 rings (SSSR count). The summed E-state index contributed by atoms with van der Waals surface area (Å²) in [6.45, 7) is 0. The third-order valence-corrected chi connectivity index (χ3v) is 2.00. The number of hydrogen-bond acceptors (Lipinski definition) is 2. The Morgan fingerprint density at radius 3 is 2.46 bits per heavy atom. The van der Waals surface area contributed by atoms with Crippen molar-refractivity contribution < 1.29 is 13.9 Å². The van der Waals surface area contributed by atoms with Crippen LogP contribution in [0.15, 0.2) is 24.3 Å². The second kappa shape index (κ2) is 4.23. The lowest BCUT2D eigenvalue weighted by Crippen LogP contribution is -2.08. The van der Waals surface area contributed by atoms with Crippen LogP contribution in [0.4, 0.5) is 4.39 Å². The number of rotatable bonds is 2. The lowest BCUT2D eigenvalue weighted by molar-refractivity contribution is -0.140. The van der Waals surface area contributed by atoms with Crippen LogP contribution in [0.3, 0.4) is 0 Å². The fourth-order valence-corrected chi connectivity index (χ4v) is 1.11. The predicted molar refractivity (Wildman–Crippen MR) is 47.0 cm³/mol. The first kappa shape index (κ1) is 9.99. The van der Waals surface area contributed by atoms with Crippen LogP contribution in [-0.4, -0.2) is 13.1 Å². The normalized spacial score (nSPS) is 12.2. The number of hydrogen-bond donors (Lipinski definition) is 0. The molecule has 0 heterocycles. The van der Waals surface area contributed by atoms with Gasteiger partial charge in [0, 0.05) is 0 Å². The first-order valence-electron chi connectivity index (χ1n) is 3.62. The molecule has 1 aromatic rings. The summed E-state index contributed by atoms with van der Waals surface area (Å²) >= 11 is 5.71. The van der Waals surface area contributed by atoms with E-state index in [0.29, 0.717) is 5.56 Å². The van der Waals surface area contributed by atoms with E-state index >= 15 is 0 Å². The van der Waals surface area contributed by atoms with E-state index in [9.17, 15) is 9.18 Å². The second-order valence-corrected chi connectivity index (χ2v) is 2.87. The van der Waals surface area contributed by atoms with Crippen molar-refractivity contribution >= 4 is 17.6 Å². The zero-order chi connectivity index (χ0) is 9.84. The Morgan fingerprint density at radius 1 is 1.46 bits per heavy atom. The molecule has 0 saturated carbocycles. The van der Waals surface area contributed by atoms with Gasteiger partial charge in [-0.1, -0.05) is 12.1 Å². The minimum absolute atomic E-state index is 0.363. The molecule has 1 atom stereocenters. The molecule has 0 radical (unpaired) electrons. The molecule has 0 N–H and O–H groups in total. The van der Waals surface area contributed by atoms with Crippen LogP contribution >= 0.6 is 11.6 Å². The van der Waals surface area contributed by atoms with E-state index in [2.05, 4.69) is 4.74 Å². The molecular weight excluding hydrogens is 195 g/mol. The van der Waals surface area contributed by atoms with E-state index in [-0.39, 0.29) is 5.82 Å². The fraction of sp³-hybridized carbons (Fsp3) is 0.222. The van der Waals surface area contributed by atoms with Gasteiger partial charge in [-0.05, 0) is 17.7 Å². The SMILES string of the molecule is COC(=O)C(Cl)c1ccc(F)cc1. The van der Waals surface area contributed by atoms with Gasteiger partial charge in [-0.25, -0.2) is 4.39 Å². The maximum absolute atomic E-state index is 12.5. The molecule has 70 valence electrons. The number of carbonyl (C=O) groups excluding carboxylic acids is 1. The zero-order valence-corrected chi connectivity index (χ0v) is 7.72. The fourth-order valence-electron chi connectivity index (χ4n) is 0.871. The van der Waals surface area contributed by atoms with Gasteiger partial charge in [0.25, 0.3) is 0 Å². The molecule has 0 amide bonds. The van der Waals surface area contributed by atoms with Gasteiger partial charge in [-0.2, -0.15) is 0 Å². The molecule has 0 aliphatic rings. The molecule has 4 heteroatoms. The van der Waals surface area contributed by atoms with Crippen LogP contribution in [0.25, 0.3) is 0 Å². The predicted octanol–water partition coefficient (Wildman–Crippen LogP) is 2.28. The number of carbonyl (C=O) groups is 1. The highest BCUT2D eigenvalue weighted by molar-refractivity contribution is 6.29. The van der Waals surface area contributed by atoms with Crippen LogP contribution in [0.2, 0.25) is 0 Å². The highest BCUT2D eigenvalue weighted by Crippen LogP contribution is 2.21. The molecule has 1 aromatic carbocycles. The standard InChI is InChI=1S/C9H8ClFO2/c1-13-9(12)8(10)6-2-4-7(11)5-3-6/h2-5,8H,1H3. The molecule has 2 nitrogen and oxygen atoms in total. The summed E-state index contributed by atoms with van der Waals surface area (Å²) in [7, 11) is 1.25. The minimum atomic E-state index is -0.870. The summed E-state index contributed by atoms with van der Waals surface area (Å²) in [5.74, 6) is -0.911. The first-order valence-corrected chi connectivity index (χ1v) is 4.06. The van der Waals surface area contributed by atoms with Gasteiger partial charge in [0.2, 0.25) is 0 Å². The van der Waals surface area contributed by atoms with Gasteiger partial charge < -0.3 is 4.74 Å². The average molecular weight is 203 g/mol. The Hall–Kier alpha value is -1.09. The van der Waals surface area contributed by atoms with Gasteiger partial charge in [0.1, 0.15) is 5.82 Å². The van der Waals surface area contributed by atoms with Gasteiger partial charge in [0.15, 0.2) is 5.38 Å². The van der Waals surface area contributed by atoms with Crippen LogP contribution in [0, 0.1) is 5.82 Å². The summed E-state index contributed by atoms with van der Waals surface area (Å²) in [5.41, 5.74) is 0.523. The van der Waals surface area contributed by atoms with E-state index in [0.717, 1.165) is 0 Å². The summed E-state index contributed by atoms with van der Waals surface area (Å²) < 4.78 is 16.9. The number of esters is 1. The molecule has 0 aliphatic heterocycles. The van der Waals surface area contributed by atoms with Crippen molar-refractivity contribution in [1.82, 2.24) is 0 Å². The second-order valence-electron chi connectivity index (χ2n) is 2.44. The zero-order valence-electron chi connectivity index (χ0n) is 6.96. The van der Waals surface area contributed by atoms with Crippen LogP contribution in [0.1, 0.15) is 10.9 Å².